The van der Waals surface area contributed by atoms with E-state index in [0.29, 0.717) is 19.4 Å². The minimum absolute atomic E-state index is 0.0561. The number of hydrogen-bond donors (Lipinski definition) is 3. The first-order valence-corrected chi connectivity index (χ1v) is 7.91. The number of amides is 1. The predicted molar refractivity (Wildman–Crippen MR) is 82.2 cm³/mol. The molecule has 2 aliphatic carbocycles. The summed E-state index contributed by atoms with van der Waals surface area (Å²) in [6.45, 7) is 0.638. The molecular weight excluding hydrogens is 268 g/mol. The number of amidine groups is 1. The van der Waals surface area contributed by atoms with Crippen molar-refractivity contribution >= 4 is 11.7 Å². The third-order valence-corrected chi connectivity index (χ3v) is 5.55. The maximum Gasteiger partial charge on any atom is 0.234 e. The molecule has 4 N–H and O–H groups in total. The lowest BCUT2D eigenvalue weighted by Gasteiger charge is -2.37. The van der Waals surface area contributed by atoms with E-state index in [9.17, 15) is 4.79 Å². The van der Waals surface area contributed by atoms with Gasteiger partial charge < -0.3 is 21.2 Å². The van der Waals surface area contributed by atoms with E-state index in [0.717, 1.165) is 25.7 Å². The Morgan fingerprint density at radius 2 is 1.71 bits per heavy atom. The number of hydrogen-bond acceptors (Lipinski definition) is 4. The summed E-state index contributed by atoms with van der Waals surface area (Å²) in [5.41, 5.74) is 5.07. The summed E-state index contributed by atoms with van der Waals surface area (Å²) in [7, 11) is 4.15. The van der Waals surface area contributed by atoms with E-state index >= 15 is 0 Å². The fraction of sp³-hybridized carbons (Fsp3) is 0.867. The van der Waals surface area contributed by atoms with Gasteiger partial charge in [-0.3, -0.25) is 4.79 Å². The minimum atomic E-state index is -0.805. The number of nitrogens with one attached hydrogen (secondary N) is 1. The van der Waals surface area contributed by atoms with Crippen molar-refractivity contribution in [2.24, 2.45) is 16.3 Å². The highest BCUT2D eigenvalue weighted by Crippen LogP contribution is 2.39. The first kappa shape index (κ1) is 16.1. The van der Waals surface area contributed by atoms with Crippen LogP contribution in [0.25, 0.3) is 0 Å². The second-order valence-electron chi connectivity index (χ2n) is 6.78. The largest absolute Gasteiger partial charge is 0.409 e. The number of rotatable bonds is 5. The zero-order valence-electron chi connectivity index (χ0n) is 13.2. The molecule has 2 fully saturated rings. The molecule has 2 aliphatic rings. The molecule has 0 spiro atoms. The van der Waals surface area contributed by atoms with Crippen LogP contribution in [0.4, 0.5) is 0 Å². The molecule has 0 bridgehead atoms. The number of oxime groups is 1. The summed E-state index contributed by atoms with van der Waals surface area (Å²) in [4.78, 5) is 14.9. The van der Waals surface area contributed by atoms with Gasteiger partial charge >= 0.3 is 0 Å². The van der Waals surface area contributed by atoms with Gasteiger partial charge in [0, 0.05) is 12.1 Å². The standard InChI is InChI=1S/C15H28N4O2/c1-19(2)14(7-3-4-8-14)11-17-13(20)15(12(16)18-21)9-5-6-10-15/h21H,3-11H2,1-2H3,(H2,16,18)(H,17,20). The van der Waals surface area contributed by atoms with Crippen LogP contribution in [-0.4, -0.2) is 48.0 Å². The van der Waals surface area contributed by atoms with Crippen LogP contribution in [0, 0.1) is 5.41 Å². The first-order valence-electron chi connectivity index (χ1n) is 7.91. The molecule has 0 aliphatic heterocycles. The SMILES string of the molecule is CN(C)C1(CNC(=O)C2(C(N)=NO)CCCC2)CCCC1. The smallest absolute Gasteiger partial charge is 0.234 e. The molecule has 21 heavy (non-hydrogen) atoms. The summed E-state index contributed by atoms with van der Waals surface area (Å²) in [5, 5.41) is 15.2. The van der Waals surface area contributed by atoms with Gasteiger partial charge in [0.05, 0.1) is 0 Å². The molecule has 0 aromatic heterocycles. The lowest BCUT2D eigenvalue weighted by Crippen LogP contribution is -2.55. The third-order valence-electron chi connectivity index (χ3n) is 5.55. The van der Waals surface area contributed by atoms with E-state index in [-0.39, 0.29) is 17.3 Å². The van der Waals surface area contributed by atoms with Crippen molar-refractivity contribution in [1.82, 2.24) is 10.2 Å². The van der Waals surface area contributed by atoms with Crippen molar-refractivity contribution in [3.05, 3.63) is 0 Å². The molecule has 0 aromatic rings. The van der Waals surface area contributed by atoms with Gasteiger partial charge in [-0.05, 0) is 39.8 Å². The Bertz CT molecular complexity index is 408. The molecule has 1 amide bonds. The van der Waals surface area contributed by atoms with E-state index in [4.69, 9.17) is 10.9 Å². The minimum Gasteiger partial charge on any atom is -0.409 e. The highest BCUT2D eigenvalue weighted by Gasteiger charge is 2.46. The summed E-state index contributed by atoms with van der Waals surface area (Å²) in [5.74, 6) is -0.0220. The van der Waals surface area contributed by atoms with E-state index in [1.807, 2.05) is 0 Å². The molecule has 0 radical (unpaired) electrons. The molecule has 120 valence electrons. The fourth-order valence-electron chi connectivity index (χ4n) is 3.90. The number of nitrogens with zero attached hydrogens (tertiary/aromatic N) is 2. The van der Waals surface area contributed by atoms with Gasteiger partial charge in [-0.2, -0.15) is 0 Å². The van der Waals surface area contributed by atoms with Gasteiger partial charge in [-0.1, -0.05) is 30.8 Å². The van der Waals surface area contributed by atoms with Crippen molar-refractivity contribution in [2.75, 3.05) is 20.6 Å². The lowest BCUT2D eigenvalue weighted by molar-refractivity contribution is -0.128. The van der Waals surface area contributed by atoms with Crippen LogP contribution in [0.15, 0.2) is 5.16 Å². The zero-order chi connectivity index (χ0) is 15.5. The number of nitrogens with two attached hydrogens (primary N) is 1. The summed E-state index contributed by atoms with van der Waals surface area (Å²) in [6.07, 6.45) is 7.87. The predicted octanol–water partition coefficient (Wildman–Crippen LogP) is 1.28. The van der Waals surface area contributed by atoms with Gasteiger partial charge in [0.25, 0.3) is 0 Å². The summed E-state index contributed by atoms with van der Waals surface area (Å²) < 4.78 is 0. The Balaban J connectivity index is 2.06. The van der Waals surface area contributed by atoms with Crippen molar-refractivity contribution in [2.45, 2.75) is 56.9 Å². The number of carbonyl (C=O) groups excluding carboxylic acids is 1. The first-order chi connectivity index (χ1) is 9.97. The van der Waals surface area contributed by atoms with Crippen LogP contribution >= 0.6 is 0 Å². The second-order valence-corrected chi connectivity index (χ2v) is 6.78. The van der Waals surface area contributed by atoms with E-state index in [1.165, 1.54) is 12.8 Å². The molecule has 2 rings (SSSR count). The molecule has 0 atom stereocenters. The topological polar surface area (TPSA) is 91.0 Å². The zero-order valence-corrected chi connectivity index (χ0v) is 13.2. The molecular formula is C15H28N4O2. The second kappa shape index (κ2) is 6.22. The molecule has 2 saturated carbocycles. The van der Waals surface area contributed by atoms with Crippen molar-refractivity contribution < 1.29 is 10.0 Å². The molecule has 0 aromatic carbocycles. The van der Waals surface area contributed by atoms with Gasteiger partial charge in [0.1, 0.15) is 5.41 Å². The third kappa shape index (κ3) is 2.86. The highest BCUT2D eigenvalue weighted by atomic mass is 16.4. The molecule has 0 unspecified atom stereocenters. The van der Waals surface area contributed by atoms with Gasteiger partial charge in [-0.15, -0.1) is 0 Å². The maximum atomic E-state index is 12.7. The molecule has 0 saturated heterocycles. The van der Waals surface area contributed by atoms with Crippen molar-refractivity contribution in [1.29, 1.82) is 0 Å². The van der Waals surface area contributed by atoms with Gasteiger partial charge in [0.2, 0.25) is 5.91 Å². The average molecular weight is 296 g/mol. The highest BCUT2D eigenvalue weighted by molar-refractivity contribution is 6.07. The lowest BCUT2D eigenvalue weighted by atomic mass is 9.83. The number of likely N-dealkylation sites (N-methyl/N-ethyl adjacent to an activating group) is 1. The molecule has 6 nitrogen and oxygen atoms in total. The Morgan fingerprint density at radius 1 is 1.19 bits per heavy atom. The van der Waals surface area contributed by atoms with E-state index in [2.05, 4.69) is 29.5 Å². The fourth-order valence-corrected chi connectivity index (χ4v) is 3.90. The average Bonchev–Trinajstić information content (AvgIpc) is 3.14. The normalized spacial score (nSPS) is 24.4. The molecule has 0 heterocycles. The Labute approximate surface area is 126 Å². The summed E-state index contributed by atoms with van der Waals surface area (Å²) >= 11 is 0. The van der Waals surface area contributed by atoms with Crippen LogP contribution in [-0.2, 0) is 4.79 Å². The van der Waals surface area contributed by atoms with Crippen molar-refractivity contribution in [3.8, 4) is 0 Å². The van der Waals surface area contributed by atoms with Crippen LogP contribution in [0.1, 0.15) is 51.4 Å². The maximum absolute atomic E-state index is 12.7. The van der Waals surface area contributed by atoms with E-state index < -0.39 is 5.41 Å². The summed E-state index contributed by atoms with van der Waals surface area (Å²) in [6, 6.07) is 0. The van der Waals surface area contributed by atoms with Gasteiger partial charge in [-0.25, -0.2) is 0 Å². The van der Waals surface area contributed by atoms with Gasteiger partial charge in [0.15, 0.2) is 5.84 Å². The Hall–Kier alpha value is -1.30. The number of carbonyl (C=O) groups is 1. The van der Waals surface area contributed by atoms with Crippen LogP contribution in [0.3, 0.4) is 0 Å². The Morgan fingerprint density at radius 3 is 2.19 bits per heavy atom. The van der Waals surface area contributed by atoms with Crippen LogP contribution in [0.5, 0.6) is 0 Å². The van der Waals surface area contributed by atoms with Crippen molar-refractivity contribution in [3.63, 3.8) is 0 Å². The quantitative estimate of drug-likeness (QED) is 0.308. The Kier molecular flexibility index (Phi) is 4.76. The van der Waals surface area contributed by atoms with Crippen LogP contribution in [0.2, 0.25) is 0 Å². The monoisotopic (exact) mass is 296 g/mol. The van der Waals surface area contributed by atoms with Crippen LogP contribution < -0.4 is 11.1 Å². The van der Waals surface area contributed by atoms with E-state index in [1.54, 1.807) is 0 Å². The molecule has 6 heteroatoms.